The maximum Gasteiger partial charge on any atom is 0.270 e. The summed E-state index contributed by atoms with van der Waals surface area (Å²) in [6.07, 6.45) is -2.47. The van der Waals surface area contributed by atoms with Crippen LogP contribution in [0.4, 0.5) is 20.3 Å². The van der Waals surface area contributed by atoms with Crippen molar-refractivity contribution in [3.63, 3.8) is 0 Å². The summed E-state index contributed by atoms with van der Waals surface area (Å²) in [5, 5.41) is 14.5. The van der Waals surface area contributed by atoms with Gasteiger partial charge in [0.1, 0.15) is 5.82 Å². The third-order valence-electron chi connectivity index (χ3n) is 3.59. The molecular formula is C17H13F2N3O2. The molecule has 0 radical (unpaired) electrons. The number of aromatic nitrogens is 1. The Bertz CT molecular complexity index is 883. The van der Waals surface area contributed by atoms with Crippen LogP contribution in [0.1, 0.15) is 17.6 Å². The Labute approximate surface area is 136 Å². The molecule has 0 aliphatic rings. The van der Waals surface area contributed by atoms with Crippen LogP contribution >= 0.6 is 0 Å². The molecule has 122 valence electrons. The van der Waals surface area contributed by atoms with Gasteiger partial charge in [-0.3, -0.25) is 10.1 Å². The predicted octanol–water partition coefficient (Wildman–Crippen LogP) is 4.69. The average Bonchev–Trinajstić information content (AvgIpc) is 2.59. The molecule has 0 saturated heterocycles. The van der Waals surface area contributed by atoms with Crippen LogP contribution in [0, 0.1) is 10.1 Å². The summed E-state index contributed by atoms with van der Waals surface area (Å²) in [4.78, 5) is 14.7. The van der Waals surface area contributed by atoms with E-state index in [2.05, 4.69) is 10.3 Å². The minimum atomic E-state index is -2.47. The highest BCUT2D eigenvalue weighted by atomic mass is 19.3. The van der Waals surface area contributed by atoms with Crippen molar-refractivity contribution >= 4 is 22.4 Å². The number of nitro benzene ring substituents is 1. The minimum Gasteiger partial charge on any atom is -0.366 e. The van der Waals surface area contributed by atoms with Gasteiger partial charge in [-0.2, -0.15) is 0 Å². The number of nitrogens with one attached hydrogen (secondary N) is 1. The molecular weight excluding hydrogens is 316 g/mol. The summed E-state index contributed by atoms with van der Waals surface area (Å²) < 4.78 is 25.0. The van der Waals surface area contributed by atoms with E-state index in [1.165, 1.54) is 24.3 Å². The largest absolute Gasteiger partial charge is 0.366 e. The number of benzene rings is 2. The molecule has 0 aliphatic heterocycles. The number of halogens is 2. The lowest BCUT2D eigenvalue weighted by atomic mass is 10.1. The molecule has 0 saturated carbocycles. The molecule has 24 heavy (non-hydrogen) atoms. The number of pyridine rings is 1. The molecule has 0 aliphatic carbocycles. The second-order valence-electron chi connectivity index (χ2n) is 5.23. The molecule has 1 N–H and O–H groups in total. The van der Waals surface area contributed by atoms with Crippen LogP contribution in [0.2, 0.25) is 0 Å². The maximum absolute atomic E-state index is 12.5. The summed E-state index contributed by atoms with van der Waals surface area (Å²) in [5.74, 6) is 0.606. The molecule has 0 fully saturated rings. The van der Waals surface area contributed by atoms with E-state index in [1.54, 1.807) is 30.3 Å². The molecule has 2 aromatic carbocycles. The van der Waals surface area contributed by atoms with Gasteiger partial charge in [0.2, 0.25) is 0 Å². The number of nitrogens with zero attached hydrogens (tertiary/aromatic N) is 2. The van der Waals surface area contributed by atoms with Crippen molar-refractivity contribution in [3.8, 4) is 0 Å². The molecule has 0 unspecified atom stereocenters. The van der Waals surface area contributed by atoms with Crippen molar-refractivity contribution in [2.24, 2.45) is 0 Å². The third kappa shape index (κ3) is 3.45. The molecule has 3 aromatic rings. The molecule has 5 nitrogen and oxygen atoms in total. The lowest BCUT2D eigenvalue weighted by molar-refractivity contribution is -0.384. The van der Waals surface area contributed by atoms with Crippen LogP contribution in [0.5, 0.6) is 0 Å². The monoisotopic (exact) mass is 329 g/mol. The molecule has 7 heteroatoms. The van der Waals surface area contributed by atoms with Crippen molar-refractivity contribution in [1.82, 2.24) is 4.98 Å². The fourth-order valence-electron chi connectivity index (χ4n) is 2.30. The Morgan fingerprint density at radius 3 is 2.50 bits per heavy atom. The lowest BCUT2D eigenvalue weighted by Gasteiger charge is -2.08. The Morgan fingerprint density at radius 1 is 1.08 bits per heavy atom. The third-order valence-corrected chi connectivity index (χ3v) is 3.59. The summed E-state index contributed by atoms with van der Waals surface area (Å²) in [5.41, 5.74) is 1.50. The fraction of sp³-hybridized carbons (Fsp3) is 0.118. The first-order valence-electron chi connectivity index (χ1n) is 7.19. The van der Waals surface area contributed by atoms with Gasteiger partial charge >= 0.3 is 0 Å². The quantitative estimate of drug-likeness (QED) is 0.544. The van der Waals surface area contributed by atoms with Crippen LogP contribution in [-0.4, -0.2) is 9.91 Å². The van der Waals surface area contributed by atoms with Gasteiger partial charge in [0.15, 0.2) is 0 Å². The zero-order chi connectivity index (χ0) is 17.1. The summed E-state index contributed by atoms with van der Waals surface area (Å²) >= 11 is 0. The second-order valence-corrected chi connectivity index (χ2v) is 5.23. The second kappa shape index (κ2) is 6.57. The smallest absolute Gasteiger partial charge is 0.270 e. The Morgan fingerprint density at radius 2 is 1.83 bits per heavy atom. The highest BCUT2D eigenvalue weighted by Crippen LogP contribution is 2.22. The molecule has 0 atom stereocenters. The van der Waals surface area contributed by atoms with Gasteiger partial charge in [-0.05, 0) is 23.8 Å². The number of non-ortho nitro benzene ring substituents is 1. The molecule has 0 bridgehead atoms. The molecule has 0 spiro atoms. The lowest BCUT2D eigenvalue weighted by Crippen LogP contribution is -2.01. The van der Waals surface area contributed by atoms with Crippen LogP contribution in [0.3, 0.4) is 0 Å². The van der Waals surface area contributed by atoms with Crippen LogP contribution in [0.15, 0.2) is 54.6 Å². The van der Waals surface area contributed by atoms with Crippen molar-refractivity contribution in [2.75, 3.05) is 5.32 Å². The molecule has 1 aromatic heterocycles. The SMILES string of the molecule is O=[N+]([O-])c1ccc2nc(NCc3ccc(C(F)F)cc3)ccc2c1. The van der Waals surface area contributed by atoms with Gasteiger partial charge < -0.3 is 5.32 Å². The summed E-state index contributed by atoms with van der Waals surface area (Å²) in [6.45, 7) is 0.439. The number of hydrogen-bond acceptors (Lipinski definition) is 4. The van der Waals surface area contributed by atoms with E-state index in [0.717, 1.165) is 5.56 Å². The van der Waals surface area contributed by atoms with Crippen LogP contribution in [0.25, 0.3) is 10.9 Å². The number of rotatable bonds is 5. The van der Waals surface area contributed by atoms with Crippen LogP contribution < -0.4 is 5.32 Å². The highest BCUT2D eigenvalue weighted by molar-refractivity contribution is 5.82. The first kappa shape index (κ1) is 15.8. The van der Waals surface area contributed by atoms with E-state index in [0.29, 0.717) is 23.3 Å². The zero-order valence-corrected chi connectivity index (χ0v) is 12.4. The first-order valence-corrected chi connectivity index (χ1v) is 7.19. The van der Waals surface area contributed by atoms with E-state index in [1.807, 2.05) is 0 Å². The van der Waals surface area contributed by atoms with E-state index < -0.39 is 11.3 Å². The predicted molar refractivity (Wildman–Crippen MR) is 87.1 cm³/mol. The van der Waals surface area contributed by atoms with Gasteiger partial charge in [-0.1, -0.05) is 24.3 Å². The minimum absolute atomic E-state index is 0.0100. The summed E-state index contributed by atoms with van der Waals surface area (Å²) in [7, 11) is 0. The van der Waals surface area contributed by atoms with Gasteiger partial charge in [0.05, 0.1) is 10.4 Å². The van der Waals surface area contributed by atoms with E-state index in [4.69, 9.17) is 0 Å². The number of nitro groups is 1. The van der Waals surface area contributed by atoms with Crippen LogP contribution in [-0.2, 0) is 6.54 Å². The van der Waals surface area contributed by atoms with Gasteiger partial charge in [-0.15, -0.1) is 0 Å². The van der Waals surface area contributed by atoms with Gasteiger partial charge in [0.25, 0.3) is 12.1 Å². The van der Waals surface area contributed by atoms with Crippen molar-refractivity contribution in [1.29, 1.82) is 0 Å². The zero-order valence-electron chi connectivity index (χ0n) is 12.4. The normalized spacial score (nSPS) is 11.0. The standard InChI is InChI=1S/C17H13F2N3O2/c18-17(19)12-3-1-11(2-4-12)10-20-16-8-5-13-9-14(22(23)24)6-7-15(13)21-16/h1-9,17H,10H2,(H,20,21). The fourth-order valence-corrected chi connectivity index (χ4v) is 2.30. The molecule has 1 heterocycles. The Kier molecular flexibility index (Phi) is 4.33. The van der Waals surface area contributed by atoms with E-state index in [-0.39, 0.29) is 11.3 Å². The molecule has 3 rings (SSSR count). The molecule has 0 amide bonds. The number of fused-ring (bicyclic) bond motifs is 1. The Hall–Kier alpha value is -3.09. The number of alkyl halides is 2. The first-order chi connectivity index (χ1) is 11.5. The van der Waals surface area contributed by atoms with Crippen molar-refractivity contribution in [2.45, 2.75) is 13.0 Å². The average molecular weight is 329 g/mol. The van der Waals surface area contributed by atoms with E-state index in [9.17, 15) is 18.9 Å². The maximum atomic E-state index is 12.5. The van der Waals surface area contributed by atoms with Crippen molar-refractivity contribution in [3.05, 3.63) is 75.8 Å². The highest BCUT2D eigenvalue weighted by Gasteiger charge is 2.08. The van der Waals surface area contributed by atoms with Gasteiger partial charge in [-0.25, -0.2) is 13.8 Å². The number of hydrogen-bond donors (Lipinski definition) is 1. The van der Waals surface area contributed by atoms with Crippen molar-refractivity contribution < 1.29 is 13.7 Å². The Balaban J connectivity index is 1.73. The topological polar surface area (TPSA) is 68.1 Å². The number of anilines is 1. The summed E-state index contributed by atoms with van der Waals surface area (Å²) in [6, 6.07) is 14.0. The van der Waals surface area contributed by atoms with E-state index >= 15 is 0 Å². The van der Waals surface area contributed by atoms with Gasteiger partial charge in [0, 0.05) is 29.6 Å².